The molecule has 0 spiro atoms. The van der Waals surface area contributed by atoms with Crippen molar-refractivity contribution in [2.75, 3.05) is 0 Å². The van der Waals surface area contributed by atoms with Gasteiger partial charge in [-0.25, -0.2) is 9.48 Å². The van der Waals surface area contributed by atoms with Crippen LogP contribution in [-0.4, -0.2) is 31.0 Å². The van der Waals surface area contributed by atoms with Crippen molar-refractivity contribution in [3.05, 3.63) is 69.8 Å². The average Bonchev–Trinajstić information content (AvgIpc) is 3.42. The summed E-state index contributed by atoms with van der Waals surface area (Å²) in [4.78, 5) is 27.2. The molecule has 0 N–H and O–H groups in total. The molecule has 1 aromatic carbocycles. The maximum atomic E-state index is 12.9. The molecule has 0 unspecified atom stereocenters. The van der Waals surface area contributed by atoms with Crippen LogP contribution >= 0.6 is 0 Å². The highest BCUT2D eigenvalue weighted by Gasteiger charge is 2.33. The van der Waals surface area contributed by atoms with Crippen LogP contribution in [0.25, 0.3) is 5.65 Å². The summed E-state index contributed by atoms with van der Waals surface area (Å²) in [6.45, 7) is 4.71. The van der Waals surface area contributed by atoms with Gasteiger partial charge in [-0.3, -0.25) is 9.20 Å². The minimum atomic E-state index is -0.282. The van der Waals surface area contributed by atoms with Crippen molar-refractivity contribution >= 4 is 11.6 Å². The minimum Gasteiger partial charge on any atom is -0.334 e. The Morgan fingerprint density at radius 1 is 1.19 bits per heavy atom. The van der Waals surface area contributed by atoms with E-state index in [1.54, 1.807) is 18.3 Å². The van der Waals surface area contributed by atoms with E-state index >= 15 is 0 Å². The number of benzene rings is 1. The molecule has 1 aliphatic rings. The summed E-state index contributed by atoms with van der Waals surface area (Å²) in [5.41, 5.74) is 3.86. The van der Waals surface area contributed by atoms with Gasteiger partial charge in [0.2, 0.25) is 5.91 Å². The van der Waals surface area contributed by atoms with Gasteiger partial charge in [-0.05, 0) is 55.5 Å². The Labute approximate surface area is 151 Å². The maximum Gasteiger partial charge on any atom is 0.350 e. The predicted octanol–water partition coefficient (Wildman–Crippen LogP) is 2.30. The Morgan fingerprint density at radius 3 is 2.69 bits per heavy atom. The van der Waals surface area contributed by atoms with Gasteiger partial charge in [0.25, 0.3) is 0 Å². The lowest BCUT2D eigenvalue weighted by Crippen LogP contribution is -2.37. The Kier molecular flexibility index (Phi) is 4.11. The molecule has 1 saturated carbocycles. The number of pyridine rings is 1. The van der Waals surface area contributed by atoms with Crippen LogP contribution in [0.2, 0.25) is 0 Å². The number of hydrogen-bond donors (Lipinski definition) is 0. The lowest BCUT2D eigenvalue weighted by atomic mass is 10.1. The van der Waals surface area contributed by atoms with Crippen LogP contribution in [0.5, 0.6) is 0 Å². The maximum absolute atomic E-state index is 12.9. The largest absolute Gasteiger partial charge is 0.350 e. The number of carbonyl (C=O) groups is 1. The number of nitrogens with zero attached hydrogens (tertiary/aromatic N) is 4. The van der Waals surface area contributed by atoms with Crippen LogP contribution in [0.15, 0.2) is 47.4 Å². The average molecular weight is 350 g/mol. The van der Waals surface area contributed by atoms with Crippen LogP contribution in [0.1, 0.15) is 29.5 Å². The van der Waals surface area contributed by atoms with Crippen molar-refractivity contribution in [2.24, 2.45) is 0 Å². The Bertz CT molecular complexity index is 1030. The summed E-state index contributed by atoms with van der Waals surface area (Å²) in [7, 11) is 0. The topological polar surface area (TPSA) is 59.6 Å². The van der Waals surface area contributed by atoms with E-state index in [0.29, 0.717) is 12.2 Å². The van der Waals surface area contributed by atoms with Crippen molar-refractivity contribution in [1.82, 2.24) is 19.1 Å². The number of hydrogen-bond acceptors (Lipinski definition) is 3. The third-order valence-electron chi connectivity index (χ3n) is 5.01. The molecular formula is C20H22N4O2. The molecule has 0 aliphatic heterocycles. The molecule has 6 nitrogen and oxygen atoms in total. The standard InChI is InChI=1S/C20H22N4O2/c1-14-6-7-16(11-15(14)2)12-23(17-8-9-17)19(25)13-24-20(26)22-10-4-3-5-18(22)21-24/h3-7,10-11,17H,8-9,12-13H2,1-2H3. The normalized spacial score (nSPS) is 13.9. The first-order valence-corrected chi connectivity index (χ1v) is 8.93. The number of aryl methyl sites for hydroxylation is 2. The molecule has 1 amide bonds. The van der Waals surface area contributed by atoms with Crippen molar-refractivity contribution in [3.63, 3.8) is 0 Å². The quantitative estimate of drug-likeness (QED) is 0.709. The molecule has 26 heavy (non-hydrogen) atoms. The van der Waals surface area contributed by atoms with Crippen LogP contribution in [0, 0.1) is 13.8 Å². The van der Waals surface area contributed by atoms with E-state index in [9.17, 15) is 9.59 Å². The van der Waals surface area contributed by atoms with Crippen LogP contribution in [0.4, 0.5) is 0 Å². The van der Waals surface area contributed by atoms with Gasteiger partial charge in [0.1, 0.15) is 6.54 Å². The molecule has 3 aromatic rings. The zero-order valence-corrected chi connectivity index (χ0v) is 15.1. The van der Waals surface area contributed by atoms with E-state index in [1.807, 2.05) is 11.0 Å². The summed E-state index contributed by atoms with van der Waals surface area (Å²) in [5, 5.41) is 4.27. The van der Waals surface area contributed by atoms with Crippen LogP contribution in [0.3, 0.4) is 0 Å². The van der Waals surface area contributed by atoms with E-state index in [-0.39, 0.29) is 24.2 Å². The zero-order valence-electron chi connectivity index (χ0n) is 15.1. The first-order chi connectivity index (χ1) is 12.5. The lowest BCUT2D eigenvalue weighted by molar-refractivity contribution is -0.133. The second kappa shape index (κ2) is 6.44. The minimum absolute atomic E-state index is 0.0259. The number of fused-ring (bicyclic) bond motifs is 1. The molecule has 0 saturated heterocycles. The number of rotatable bonds is 5. The van der Waals surface area contributed by atoms with E-state index in [2.05, 4.69) is 37.1 Å². The molecule has 6 heteroatoms. The van der Waals surface area contributed by atoms with E-state index in [4.69, 9.17) is 0 Å². The van der Waals surface area contributed by atoms with Gasteiger partial charge >= 0.3 is 5.69 Å². The monoisotopic (exact) mass is 350 g/mol. The first kappa shape index (κ1) is 16.6. The molecule has 4 rings (SSSR count). The molecule has 1 fully saturated rings. The van der Waals surface area contributed by atoms with Gasteiger partial charge in [0, 0.05) is 18.8 Å². The molecule has 134 valence electrons. The summed E-state index contributed by atoms with van der Waals surface area (Å²) >= 11 is 0. The summed E-state index contributed by atoms with van der Waals surface area (Å²) in [6, 6.07) is 11.9. The van der Waals surface area contributed by atoms with Crippen molar-refractivity contribution in [1.29, 1.82) is 0 Å². The van der Waals surface area contributed by atoms with Crippen LogP contribution in [-0.2, 0) is 17.9 Å². The highest BCUT2D eigenvalue weighted by Crippen LogP contribution is 2.29. The third kappa shape index (κ3) is 3.14. The predicted molar refractivity (Wildman–Crippen MR) is 98.9 cm³/mol. The van der Waals surface area contributed by atoms with Crippen molar-refractivity contribution in [3.8, 4) is 0 Å². The van der Waals surface area contributed by atoms with Gasteiger partial charge in [0.15, 0.2) is 5.65 Å². The van der Waals surface area contributed by atoms with E-state index in [0.717, 1.165) is 18.4 Å². The van der Waals surface area contributed by atoms with Gasteiger partial charge in [-0.15, -0.1) is 5.10 Å². The van der Waals surface area contributed by atoms with Gasteiger partial charge in [-0.2, -0.15) is 0 Å². The van der Waals surface area contributed by atoms with E-state index < -0.39 is 0 Å². The van der Waals surface area contributed by atoms with Gasteiger partial charge in [0.05, 0.1) is 0 Å². The second-order valence-electron chi connectivity index (χ2n) is 7.04. The van der Waals surface area contributed by atoms with Gasteiger partial charge in [-0.1, -0.05) is 24.3 Å². The molecule has 0 bridgehead atoms. The SMILES string of the molecule is Cc1ccc(CN(C(=O)Cn2nc3ccccn3c2=O)C2CC2)cc1C. The fourth-order valence-corrected chi connectivity index (χ4v) is 3.20. The number of aromatic nitrogens is 3. The van der Waals surface area contributed by atoms with E-state index in [1.165, 1.54) is 20.2 Å². The molecule has 2 heterocycles. The molecule has 0 atom stereocenters. The smallest absolute Gasteiger partial charge is 0.334 e. The van der Waals surface area contributed by atoms with Crippen molar-refractivity contribution in [2.45, 2.75) is 45.8 Å². The highest BCUT2D eigenvalue weighted by atomic mass is 16.2. The third-order valence-corrected chi connectivity index (χ3v) is 5.01. The summed E-state index contributed by atoms with van der Waals surface area (Å²) in [6.07, 6.45) is 3.71. The zero-order chi connectivity index (χ0) is 18.3. The highest BCUT2D eigenvalue weighted by molar-refractivity contribution is 5.76. The molecule has 2 aromatic heterocycles. The Balaban J connectivity index is 1.56. The Morgan fingerprint density at radius 2 is 2.00 bits per heavy atom. The van der Waals surface area contributed by atoms with Crippen LogP contribution < -0.4 is 5.69 Å². The van der Waals surface area contributed by atoms with Gasteiger partial charge < -0.3 is 4.90 Å². The Hall–Kier alpha value is -2.89. The fourth-order valence-electron chi connectivity index (χ4n) is 3.20. The van der Waals surface area contributed by atoms with Crippen molar-refractivity contribution < 1.29 is 4.79 Å². The summed E-state index contributed by atoms with van der Waals surface area (Å²) < 4.78 is 2.71. The number of amides is 1. The molecular weight excluding hydrogens is 328 g/mol. The second-order valence-corrected chi connectivity index (χ2v) is 7.04. The molecule has 1 aliphatic carbocycles. The first-order valence-electron chi connectivity index (χ1n) is 8.93. The fraction of sp³-hybridized carbons (Fsp3) is 0.350. The molecule has 0 radical (unpaired) electrons. The summed E-state index contributed by atoms with van der Waals surface area (Å²) in [5.74, 6) is -0.0590. The number of carbonyl (C=O) groups excluding carboxylic acids is 1. The lowest BCUT2D eigenvalue weighted by Gasteiger charge is -2.22.